The number of thiocarbonyl (C=S) groups is 1. The number of rotatable bonds is 6. The van der Waals surface area contributed by atoms with Crippen LogP contribution in [0.2, 0.25) is 0 Å². The molecule has 0 atom stereocenters. The van der Waals surface area contributed by atoms with Crippen LogP contribution in [0.3, 0.4) is 0 Å². The van der Waals surface area contributed by atoms with Gasteiger partial charge in [-0.25, -0.2) is 0 Å². The molecule has 2 amide bonds. The second-order valence-electron chi connectivity index (χ2n) is 7.64. The van der Waals surface area contributed by atoms with Gasteiger partial charge in [0.1, 0.15) is 11.5 Å². The van der Waals surface area contributed by atoms with Crippen molar-refractivity contribution in [1.82, 2.24) is 16.2 Å². The van der Waals surface area contributed by atoms with Crippen molar-refractivity contribution in [1.29, 1.82) is 0 Å². The molecule has 0 radical (unpaired) electrons. The van der Waals surface area contributed by atoms with Gasteiger partial charge in [0.05, 0.1) is 13.5 Å². The van der Waals surface area contributed by atoms with Gasteiger partial charge < -0.3 is 9.47 Å². The molecule has 0 heterocycles. The first-order valence-electron chi connectivity index (χ1n) is 9.42. The predicted molar refractivity (Wildman–Crippen MR) is 119 cm³/mol. The molecule has 2 aromatic carbocycles. The highest BCUT2D eigenvalue weighted by Crippen LogP contribution is 2.24. The fourth-order valence-corrected chi connectivity index (χ4v) is 2.66. The largest absolute Gasteiger partial charge is 0.497 e. The highest BCUT2D eigenvalue weighted by atomic mass is 32.1. The Kier molecular flexibility index (Phi) is 8.17. The third-order valence-electron chi connectivity index (χ3n) is 4.18. The molecule has 0 aliphatic heterocycles. The summed E-state index contributed by atoms with van der Waals surface area (Å²) in [6.45, 7) is 6.18. The number of ether oxygens (including phenoxy) is 2. The predicted octanol–water partition coefficient (Wildman–Crippen LogP) is 2.64. The zero-order valence-electron chi connectivity index (χ0n) is 17.6. The number of hydrogen-bond donors (Lipinski definition) is 3. The Morgan fingerprint density at radius 1 is 0.900 bits per heavy atom. The van der Waals surface area contributed by atoms with Crippen molar-refractivity contribution in [3.63, 3.8) is 0 Å². The van der Waals surface area contributed by atoms with Crippen LogP contribution in [0.25, 0.3) is 0 Å². The van der Waals surface area contributed by atoms with E-state index in [2.05, 4.69) is 36.9 Å². The van der Waals surface area contributed by atoms with Gasteiger partial charge in [0.25, 0.3) is 5.91 Å². The van der Waals surface area contributed by atoms with E-state index in [1.807, 2.05) is 24.3 Å². The van der Waals surface area contributed by atoms with Gasteiger partial charge in [0.2, 0.25) is 5.91 Å². The average Bonchev–Trinajstić information content (AvgIpc) is 2.71. The molecule has 0 fully saturated rings. The summed E-state index contributed by atoms with van der Waals surface area (Å²) in [7, 11) is 1.58. The summed E-state index contributed by atoms with van der Waals surface area (Å²) in [6, 6.07) is 14.7. The Labute approximate surface area is 182 Å². The molecule has 0 bridgehead atoms. The number of carbonyl (C=O) groups is 2. The van der Waals surface area contributed by atoms with E-state index in [4.69, 9.17) is 21.7 Å². The van der Waals surface area contributed by atoms with Crippen molar-refractivity contribution in [3.05, 3.63) is 59.7 Å². The number of methoxy groups -OCH3 is 1. The minimum Gasteiger partial charge on any atom is -0.497 e. The van der Waals surface area contributed by atoms with E-state index in [1.165, 1.54) is 5.56 Å². The molecule has 0 saturated carbocycles. The summed E-state index contributed by atoms with van der Waals surface area (Å²) in [6.07, 6.45) is 0.154. The molecule has 0 saturated heterocycles. The van der Waals surface area contributed by atoms with E-state index in [0.29, 0.717) is 11.5 Å². The van der Waals surface area contributed by atoms with Crippen LogP contribution in [0.4, 0.5) is 0 Å². The van der Waals surface area contributed by atoms with Gasteiger partial charge in [-0.15, -0.1) is 0 Å². The van der Waals surface area contributed by atoms with Crippen LogP contribution in [-0.2, 0) is 21.4 Å². The van der Waals surface area contributed by atoms with E-state index in [1.54, 1.807) is 31.4 Å². The fourth-order valence-electron chi connectivity index (χ4n) is 2.49. The van der Waals surface area contributed by atoms with Crippen molar-refractivity contribution in [2.45, 2.75) is 32.6 Å². The summed E-state index contributed by atoms with van der Waals surface area (Å²) in [5.41, 5.74) is 6.98. The Balaban J connectivity index is 1.69. The third kappa shape index (κ3) is 7.71. The number of hydrazine groups is 1. The lowest BCUT2D eigenvalue weighted by Gasteiger charge is -2.19. The standard InChI is InChI=1S/C22H27N3O4S/c1-22(2,3)16-7-11-18(12-8-16)29-14-20(27)23-21(30)25-24-19(26)13-15-5-9-17(28-4)10-6-15/h5-12H,13-14H2,1-4H3,(H,24,26)(H2,23,25,27,30). The second kappa shape index (κ2) is 10.6. The minimum atomic E-state index is -0.434. The van der Waals surface area contributed by atoms with Crippen molar-refractivity contribution in [3.8, 4) is 11.5 Å². The van der Waals surface area contributed by atoms with Gasteiger partial charge in [-0.3, -0.25) is 25.8 Å². The van der Waals surface area contributed by atoms with Gasteiger partial charge in [-0.05, 0) is 53.0 Å². The highest BCUT2D eigenvalue weighted by Gasteiger charge is 2.13. The Hall–Kier alpha value is -3.13. The summed E-state index contributed by atoms with van der Waals surface area (Å²) < 4.78 is 10.5. The normalized spacial score (nSPS) is 10.7. The number of amides is 2. The molecule has 7 nitrogen and oxygen atoms in total. The molecule has 2 rings (SSSR count). The van der Waals surface area contributed by atoms with E-state index in [-0.39, 0.29) is 29.5 Å². The number of nitrogens with one attached hydrogen (secondary N) is 3. The Morgan fingerprint density at radius 2 is 1.50 bits per heavy atom. The monoisotopic (exact) mass is 429 g/mol. The molecule has 3 N–H and O–H groups in total. The van der Waals surface area contributed by atoms with Gasteiger partial charge in [0.15, 0.2) is 11.7 Å². The molecule has 0 aliphatic carbocycles. The molecule has 8 heteroatoms. The lowest BCUT2D eigenvalue weighted by atomic mass is 9.87. The molecule has 30 heavy (non-hydrogen) atoms. The van der Waals surface area contributed by atoms with E-state index in [9.17, 15) is 9.59 Å². The van der Waals surface area contributed by atoms with Gasteiger partial charge in [-0.2, -0.15) is 0 Å². The molecule has 160 valence electrons. The lowest BCUT2D eigenvalue weighted by molar-refractivity contribution is -0.122. The first-order chi connectivity index (χ1) is 14.2. The molecule has 0 spiro atoms. The van der Waals surface area contributed by atoms with E-state index >= 15 is 0 Å². The summed E-state index contributed by atoms with van der Waals surface area (Å²) >= 11 is 5.01. The van der Waals surface area contributed by atoms with Crippen molar-refractivity contribution in [2.24, 2.45) is 0 Å². The van der Waals surface area contributed by atoms with Crippen molar-refractivity contribution < 1.29 is 19.1 Å². The van der Waals surface area contributed by atoms with E-state index < -0.39 is 5.91 Å². The van der Waals surface area contributed by atoms with Gasteiger partial charge in [-0.1, -0.05) is 45.0 Å². The maximum atomic E-state index is 12.0. The number of benzene rings is 2. The maximum absolute atomic E-state index is 12.0. The molecule has 0 aromatic heterocycles. The summed E-state index contributed by atoms with van der Waals surface area (Å²) in [4.78, 5) is 23.9. The molecular formula is C22H27N3O4S. The van der Waals surface area contributed by atoms with Gasteiger partial charge in [0, 0.05) is 0 Å². The maximum Gasteiger partial charge on any atom is 0.264 e. The van der Waals surface area contributed by atoms with Crippen LogP contribution < -0.4 is 25.6 Å². The molecular weight excluding hydrogens is 402 g/mol. The van der Waals surface area contributed by atoms with Crippen LogP contribution in [0.5, 0.6) is 11.5 Å². The summed E-state index contributed by atoms with van der Waals surface area (Å²) in [5, 5.41) is 2.43. The Bertz CT molecular complexity index is 875. The number of hydrogen-bond acceptors (Lipinski definition) is 5. The van der Waals surface area contributed by atoms with Crippen LogP contribution in [0.1, 0.15) is 31.9 Å². The van der Waals surface area contributed by atoms with Crippen LogP contribution in [0, 0.1) is 0 Å². The smallest absolute Gasteiger partial charge is 0.264 e. The topological polar surface area (TPSA) is 88.7 Å². The number of carbonyl (C=O) groups excluding carboxylic acids is 2. The van der Waals surface area contributed by atoms with E-state index in [0.717, 1.165) is 5.56 Å². The average molecular weight is 430 g/mol. The second-order valence-corrected chi connectivity index (χ2v) is 8.05. The first kappa shape index (κ1) is 23.2. The zero-order chi connectivity index (χ0) is 22.1. The van der Waals surface area contributed by atoms with Crippen LogP contribution in [0.15, 0.2) is 48.5 Å². The van der Waals surface area contributed by atoms with Crippen molar-refractivity contribution >= 4 is 29.1 Å². The summed E-state index contributed by atoms with van der Waals surface area (Å²) in [5.74, 6) is 0.571. The fraction of sp³-hybridized carbons (Fsp3) is 0.318. The molecule has 2 aromatic rings. The molecule has 0 aliphatic rings. The third-order valence-corrected chi connectivity index (χ3v) is 4.39. The van der Waals surface area contributed by atoms with Crippen LogP contribution >= 0.6 is 12.2 Å². The zero-order valence-corrected chi connectivity index (χ0v) is 18.4. The lowest BCUT2D eigenvalue weighted by Crippen LogP contribution is -2.49. The quantitative estimate of drug-likeness (QED) is 0.483. The highest BCUT2D eigenvalue weighted by molar-refractivity contribution is 7.80. The SMILES string of the molecule is COc1ccc(CC(=O)NNC(=S)NC(=O)COc2ccc(C(C)(C)C)cc2)cc1. The van der Waals surface area contributed by atoms with Gasteiger partial charge >= 0.3 is 0 Å². The first-order valence-corrected chi connectivity index (χ1v) is 9.83. The minimum absolute atomic E-state index is 0.0187. The Morgan fingerprint density at radius 3 is 2.07 bits per heavy atom. The van der Waals surface area contributed by atoms with Crippen molar-refractivity contribution in [2.75, 3.05) is 13.7 Å². The van der Waals surface area contributed by atoms with Crippen LogP contribution in [-0.4, -0.2) is 30.6 Å². The molecule has 0 unspecified atom stereocenters.